The molecular weight excluding hydrogens is 255 g/mol. The average Bonchev–Trinajstić information content (AvgIpc) is 2.25. The van der Waals surface area contributed by atoms with Crippen molar-refractivity contribution in [2.45, 2.75) is 0 Å². The Bertz CT molecular complexity index is 449. The van der Waals surface area contributed by atoms with Gasteiger partial charge in [0.15, 0.2) is 0 Å². The van der Waals surface area contributed by atoms with E-state index in [2.05, 4.69) is 5.32 Å². The molecule has 7 heteroatoms. The number of nitrogens with one attached hydrogen (secondary N) is 1. The molecular formula is C9H8Cl2N2O3. The molecule has 86 valence electrons. The highest BCUT2D eigenvalue weighted by atomic mass is 35.5. The average molecular weight is 263 g/mol. The van der Waals surface area contributed by atoms with Crippen LogP contribution in [0.5, 0.6) is 5.75 Å². The quantitative estimate of drug-likeness (QED) is 0.792. The van der Waals surface area contributed by atoms with E-state index in [9.17, 15) is 9.59 Å². The van der Waals surface area contributed by atoms with Crippen LogP contribution in [0.1, 0.15) is 0 Å². The van der Waals surface area contributed by atoms with E-state index in [4.69, 9.17) is 33.7 Å². The van der Waals surface area contributed by atoms with Gasteiger partial charge in [0.2, 0.25) is 0 Å². The molecule has 3 N–H and O–H groups in total. The van der Waals surface area contributed by atoms with Crippen LogP contribution in [0.2, 0.25) is 10.0 Å². The first-order valence-corrected chi connectivity index (χ1v) is 4.85. The summed E-state index contributed by atoms with van der Waals surface area (Å²) in [5.41, 5.74) is 4.97. The summed E-state index contributed by atoms with van der Waals surface area (Å²) in [5.74, 6) is -1.71. The first-order chi connectivity index (χ1) is 7.47. The Hall–Kier alpha value is -1.46. The molecule has 0 saturated heterocycles. The summed E-state index contributed by atoms with van der Waals surface area (Å²) in [7, 11) is 1.43. The van der Waals surface area contributed by atoms with Crippen molar-refractivity contribution in [1.82, 2.24) is 0 Å². The lowest BCUT2D eigenvalue weighted by Gasteiger charge is -2.09. The van der Waals surface area contributed by atoms with Crippen LogP contribution in [0, 0.1) is 0 Å². The third kappa shape index (κ3) is 2.56. The van der Waals surface area contributed by atoms with Crippen molar-refractivity contribution in [3.05, 3.63) is 22.2 Å². The monoisotopic (exact) mass is 262 g/mol. The van der Waals surface area contributed by atoms with E-state index in [-0.39, 0.29) is 15.7 Å². The maximum absolute atomic E-state index is 11.0. The van der Waals surface area contributed by atoms with Crippen molar-refractivity contribution in [3.8, 4) is 5.75 Å². The van der Waals surface area contributed by atoms with Gasteiger partial charge in [0, 0.05) is 0 Å². The topological polar surface area (TPSA) is 81.4 Å². The molecule has 2 amide bonds. The Kier molecular flexibility index (Phi) is 3.98. The van der Waals surface area contributed by atoms with Gasteiger partial charge in [0.25, 0.3) is 0 Å². The van der Waals surface area contributed by atoms with Crippen molar-refractivity contribution in [2.24, 2.45) is 5.73 Å². The molecule has 0 aromatic heterocycles. The van der Waals surface area contributed by atoms with Crippen molar-refractivity contribution < 1.29 is 14.3 Å². The van der Waals surface area contributed by atoms with E-state index in [1.54, 1.807) is 0 Å². The zero-order valence-corrected chi connectivity index (χ0v) is 9.72. The smallest absolute Gasteiger partial charge is 0.313 e. The lowest BCUT2D eigenvalue weighted by Crippen LogP contribution is -2.29. The van der Waals surface area contributed by atoms with Gasteiger partial charge in [-0.05, 0) is 12.1 Å². The van der Waals surface area contributed by atoms with Gasteiger partial charge in [-0.2, -0.15) is 0 Å². The summed E-state index contributed by atoms with van der Waals surface area (Å²) in [6.45, 7) is 0. The number of halogens is 2. The number of ether oxygens (including phenoxy) is 1. The van der Waals surface area contributed by atoms with Gasteiger partial charge in [-0.1, -0.05) is 23.2 Å². The van der Waals surface area contributed by atoms with Crippen LogP contribution >= 0.6 is 23.2 Å². The third-order valence-electron chi connectivity index (χ3n) is 1.74. The number of primary amides is 1. The first-order valence-electron chi connectivity index (χ1n) is 4.10. The van der Waals surface area contributed by atoms with Crippen LogP contribution in [-0.2, 0) is 9.59 Å². The standard InChI is InChI=1S/C9H8Cl2N2O3/c1-16-5-3-2-4(6(10)7(5)11)13-9(15)8(12)14/h2-3H,1H3,(H2,12,14)(H,13,15). The zero-order chi connectivity index (χ0) is 12.3. The molecule has 0 aliphatic rings. The zero-order valence-electron chi connectivity index (χ0n) is 8.21. The highest BCUT2D eigenvalue weighted by Crippen LogP contribution is 2.37. The molecule has 0 unspecified atom stereocenters. The van der Waals surface area contributed by atoms with E-state index in [0.29, 0.717) is 5.75 Å². The second kappa shape index (κ2) is 5.05. The number of anilines is 1. The Morgan fingerprint density at radius 1 is 1.31 bits per heavy atom. The van der Waals surface area contributed by atoms with E-state index in [1.807, 2.05) is 0 Å². The lowest BCUT2D eigenvalue weighted by molar-refractivity contribution is -0.134. The maximum atomic E-state index is 11.0. The molecule has 1 rings (SSSR count). The number of nitrogens with two attached hydrogens (primary N) is 1. The molecule has 1 aromatic carbocycles. The van der Waals surface area contributed by atoms with E-state index in [0.717, 1.165) is 0 Å². The molecule has 0 aliphatic carbocycles. The summed E-state index contributed by atoms with van der Waals surface area (Å²) in [6, 6.07) is 2.96. The molecule has 0 fully saturated rings. The van der Waals surface area contributed by atoms with Crippen LogP contribution in [0.25, 0.3) is 0 Å². The Labute approximate surface area is 101 Å². The minimum Gasteiger partial charge on any atom is -0.495 e. The van der Waals surface area contributed by atoms with Gasteiger partial charge < -0.3 is 15.8 Å². The Morgan fingerprint density at radius 2 is 1.94 bits per heavy atom. The molecule has 1 aromatic rings. The fourth-order valence-electron chi connectivity index (χ4n) is 0.970. The van der Waals surface area contributed by atoms with Gasteiger partial charge in [-0.15, -0.1) is 0 Å². The van der Waals surface area contributed by atoms with Crippen LogP contribution in [0.3, 0.4) is 0 Å². The van der Waals surface area contributed by atoms with Crippen molar-refractivity contribution >= 4 is 40.7 Å². The summed E-state index contributed by atoms with van der Waals surface area (Å²) in [6.07, 6.45) is 0. The van der Waals surface area contributed by atoms with E-state index in [1.165, 1.54) is 19.2 Å². The highest BCUT2D eigenvalue weighted by molar-refractivity contribution is 6.46. The number of carbonyl (C=O) groups is 2. The van der Waals surface area contributed by atoms with Gasteiger partial charge >= 0.3 is 11.8 Å². The number of hydrogen-bond donors (Lipinski definition) is 2. The molecule has 0 atom stereocenters. The van der Waals surface area contributed by atoms with Gasteiger partial charge in [0.05, 0.1) is 17.8 Å². The molecule has 0 spiro atoms. The molecule has 0 bridgehead atoms. The number of amides is 2. The van der Waals surface area contributed by atoms with E-state index >= 15 is 0 Å². The summed E-state index contributed by atoms with van der Waals surface area (Å²) >= 11 is 11.7. The molecule has 0 heterocycles. The summed E-state index contributed by atoms with van der Waals surface area (Å²) in [5, 5.41) is 2.44. The Balaban J connectivity index is 3.04. The lowest BCUT2D eigenvalue weighted by atomic mass is 10.3. The first kappa shape index (κ1) is 12.6. The number of benzene rings is 1. The van der Waals surface area contributed by atoms with Crippen LogP contribution in [0.15, 0.2) is 12.1 Å². The second-order valence-electron chi connectivity index (χ2n) is 2.76. The number of rotatable bonds is 2. The predicted molar refractivity (Wildman–Crippen MR) is 60.8 cm³/mol. The normalized spacial score (nSPS) is 9.69. The van der Waals surface area contributed by atoms with Crippen molar-refractivity contribution in [1.29, 1.82) is 0 Å². The largest absolute Gasteiger partial charge is 0.495 e. The fraction of sp³-hybridized carbons (Fsp3) is 0.111. The molecule has 0 aliphatic heterocycles. The van der Waals surface area contributed by atoms with E-state index < -0.39 is 11.8 Å². The van der Waals surface area contributed by atoms with Crippen LogP contribution in [-0.4, -0.2) is 18.9 Å². The SMILES string of the molecule is COc1ccc(NC(=O)C(N)=O)c(Cl)c1Cl. The number of methoxy groups -OCH3 is 1. The Morgan fingerprint density at radius 3 is 2.44 bits per heavy atom. The fourth-order valence-corrected chi connectivity index (χ4v) is 1.42. The van der Waals surface area contributed by atoms with Crippen molar-refractivity contribution in [2.75, 3.05) is 12.4 Å². The minimum atomic E-state index is -1.11. The molecule has 0 radical (unpaired) electrons. The van der Waals surface area contributed by atoms with Gasteiger partial charge in [-0.25, -0.2) is 0 Å². The molecule has 0 saturated carbocycles. The van der Waals surface area contributed by atoms with Gasteiger partial charge in [0.1, 0.15) is 10.8 Å². The highest BCUT2D eigenvalue weighted by Gasteiger charge is 2.15. The second-order valence-corrected chi connectivity index (χ2v) is 3.52. The minimum absolute atomic E-state index is 0.0793. The number of hydrogen-bond acceptors (Lipinski definition) is 3. The molecule has 5 nitrogen and oxygen atoms in total. The van der Waals surface area contributed by atoms with Crippen LogP contribution < -0.4 is 15.8 Å². The van der Waals surface area contributed by atoms with Crippen molar-refractivity contribution in [3.63, 3.8) is 0 Å². The maximum Gasteiger partial charge on any atom is 0.313 e. The van der Waals surface area contributed by atoms with Crippen LogP contribution in [0.4, 0.5) is 5.69 Å². The number of carbonyl (C=O) groups excluding carboxylic acids is 2. The van der Waals surface area contributed by atoms with Gasteiger partial charge in [-0.3, -0.25) is 9.59 Å². The third-order valence-corrected chi connectivity index (χ3v) is 2.60. The predicted octanol–water partition coefficient (Wildman–Crippen LogP) is 1.43. The summed E-state index contributed by atoms with van der Waals surface area (Å²) in [4.78, 5) is 21.5. The molecule has 16 heavy (non-hydrogen) atoms. The summed E-state index contributed by atoms with van der Waals surface area (Å²) < 4.78 is 4.91.